The molecule has 12 heteroatoms. The zero-order valence-corrected chi connectivity index (χ0v) is 19.6. The fourth-order valence-corrected chi connectivity index (χ4v) is 4.72. The second kappa shape index (κ2) is 11.7. The minimum atomic E-state index is -0.721. The van der Waals surface area contributed by atoms with Crippen molar-refractivity contribution in [2.24, 2.45) is 0 Å². The highest BCUT2D eigenvalue weighted by Gasteiger charge is 2.51. The van der Waals surface area contributed by atoms with Crippen molar-refractivity contribution in [1.82, 2.24) is 0 Å². The lowest BCUT2D eigenvalue weighted by molar-refractivity contribution is -0.156. The minimum absolute atomic E-state index is 0.0139. The van der Waals surface area contributed by atoms with Gasteiger partial charge in [0.05, 0.1) is 26.4 Å². The number of ether oxygens (including phenoxy) is 7. The van der Waals surface area contributed by atoms with E-state index in [4.69, 9.17) is 33.2 Å². The van der Waals surface area contributed by atoms with Crippen LogP contribution in [0.1, 0.15) is 45.4 Å². The average molecular weight is 500 g/mol. The van der Waals surface area contributed by atoms with Crippen molar-refractivity contribution >= 4 is 23.7 Å². The van der Waals surface area contributed by atoms with Crippen molar-refractivity contribution < 1.29 is 57.4 Å². The van der Waals surface area contributed by atoms with Crippen LogP contribution in [-0.2, 0) is 52.3 Å². The molecule has 4 rings (SSSR count). The fourth-order valence-electron chi connectivity index (χ4n) is 4.72. The Bertz CT molecular complexity index is 799. The summed E-state index contributed by atoms with van der Waals surface area (Å²) in [5, 5.41) is 9.74. The lowest BCUT2D eigenvalue weighted by atomic mass is 10.1. The SMILES string of the molecule is CC(=O)CCCC(=O)O[C@H]1CO[C@H]2[C@@H]1OC[C@@H]2OC(=O)CCCC(=O)O[C@H]1CO[C@H]2[C@@H]1OC[C@@H]2O. The summed E-state index contributed by atoms with van der Waals surface area (Å²) in [6, 6.07) is 0. The third-order valence-electron chi connectivity index (χ3n) is 6.46. The molecule has 12 nitrogen and oxygen atoms in total. The van der Waals surface area contributed by atoms with Gasteiger partial charge in [-0.3, -0.25) is 14.4 Å². The Kier molecular flexibility index (Phi) is 8.71. The quantitative estimate of drug-likeness (QED) is 0.290. The Morgan fingerprint density at radius 2 is 1.00 bits per heavy atom. The van der Waals surface area contributed by atoms with E-state index >= 15 is 0 Å². The lowest BCUT2D eigenvalue weighted by Gasteiger charge is -2.17. The van der Waals surface area contributed by atoms with Crippen molar-refractivity contribution in [3.63, 3.8) is 0 Å². The maximum Gasteiger partial charge on any atom is 0.306 e. The van der Waals surface area contributed by atoms with Crippen LogP contribution in [0.2, 0.25) is 0 Å². The van der Waals surface area contributed by atoms with Crippen molar-refractivity contribution in [3.05, 3.63) is 0 Å². The smallest absolute Gasteiger partial charge is 0.306 e. The van der Waals surface area contributed by atoms with Gasteiger partial charge in [0.2, 0.25) is 0 Å². The van der Waals surface area contributed by atoms with Gasteiger partial charge in [-0.25, -0.2) is 0 Å². The fraction of sp³-hybridized carbons (Fsp3) is 0.826. The molecule has 0 aliphatic carbocycles. The zero-order valence-electron chi connectivity index (χ0n) is 19.6. The van der Waals surface area contributed by atoms with Crippen LogP contribution in [0.5, 0.6) is 0 Å². The highest BCUT2D eigenvalue weighted by Crippen LogP contribution is 2.31. The van der Waals surface area contributed by atoms with Gasteiger partial charge in [-0.05, 0) is 19.8 Å². The first-order valence-electron chi connectivity index (χ1n) is 12.0. The second-order valence-electron chi connectivity index (χ2n) is 9.25. The molecule has 4 fully saturated rings. The van der Waals surface area contributed by atoms with E-state index < -0.39 is 66.7 Å². The molecule has 8 atom stereocenters. The molecule has 4 saturated heterocycles. The van der Waals surface area contributed by atoms with Crippen LogP contribution in [0.25, 0.3) is 0 Å². The summed E-state index contributed by atoms with van der Waals surface area (Å²) in [5.74, 6) is -1.38. The van der Waals surface area contributed by atoms with Crippen LogP contribution in [0.15, 0.2) is 0 Å². The molecule has 0 amide bonds. The van der Waals surface area contributed by atoms with Crippen molar-refractivity contribution in [3.8, 4) is 0 Å². The molecule has 0 unspecified atom stereocenters. The molecule has 35 heavy (non-hydrogen) atoms. The van der Waals surface area contributed by atoms with E-state index in [1.807, 2.05) is 0 Å². The van der Waals surface area contributed by atoms with Crippen molar-refractivity contribution in [2.75, 3.05) is 26.4 Å². The topological polar surface area (TPSA) is 153 Å². The van der Waals surface area contributed by atoms with Gasteiger partial charge in [0.15, 0.2) is 18.3 Å². The van der Waals surface area contributed by atoms with Gasteiger partial charge in [-0.15, -0.1) is 0 Å². The summed E-state index contributed by atoms with van der Waals surface area (Å²) in [7, 11) is 0. The molecule has 196 valence electrons. The van der Waals surface area contributed by atoms with Crippen molar-refractivity contribution in [2.45, 2.75) is 94.3 Å². The van der Waals surface area contributed by atoms with Gasteiger partial charge in [0.25, 0.3) is 0 Å². The number of rotatable bonds is 11. The number of esters is 3. The minimum Gasteiger partial charge on any atom is -0.457 e. The molecule has 0 bridgehead atoms. The van der Waals surface area contributed by atoms with Crippen LogP contribution < -0.4 is 0 Å². The number of ketones is 1. The Labute approximate surface area is 202 Å². The van der Waals surface area contributed by atoms with Crippen LogP contribution in [-0.4, -0.2) is 104 Å². The van der Waals surface area contributed by atoms with Crippen LogP contribution >= 0.6 is 0 Å². The van der Waals surface area contributed by atoms with Gasteiger partial charge < -0.3 is 43.1 Å². The predicted molar refractivity (Wildman–Crippen MR) is 113 cm³/mol. The molecule has 0 aromatic rings. The molecule has 0 saturated carbocycles. The van der Waals surface area contributed by atoms with E-state index in [9.17, 15) is 24.3 Å². The lowest BCUT2D eigenvalue weighted by Crippen LogP contribution is -2.36. The first kappa shape index (κ1) is 26.0. The van der Waals surface area contributed by atoms with E-state index in [0.717, 1.165) is 0 Å². The molecule has 0 radical (unpaired) electrons. The monoisotopic (exact) mass is 500 g/mol. The summed E-state index contributed by atoms with van der Waals surface area (Å²) in [6.45, 7) is 2.05. The number of aliphatic hydroxyl groups excluding tert-OH is 1. The van der Waals surface area contributed by atoms with Crippen LogP contribution in [0.4, 0.5) is 0 Å². The van der Waals surface area contributed by atoms with E-state index in [-0.39, 0.29) is 57.9 Å². The first-order valence-corrected chi connectivity index (χ1v) is 12.0. The summed E-state index contributed by atoms with van der Waals surface area (Å²) in [4.78, 5) is 47.4. The molecular weight excluding hydrogens is 468 g/mol. The van der Waals surface area contributed by atoms with Gasteiger partial charge in [-0.1, -0.05) is 0 Å². The van der Waals surface area contributed by atoms with E-state index in [0.29, 0.717) is 12.8 Å². The maximum atomic E-state index is 12.3. The van der Waals surface area contributed by atoms with E-state index in [2.05, 4.69) is 0 Å². The van der Waals surface area contributed by atoms with E-state index in [1.54, 1.807) is 0 Å². The molecule has 4 aliphatic rings. The Hall–Kier alpha value is -2.12. The van der Waals surface area contributed by atoms with Gasteiger partial charge in [0, 0.05) is 25.7 Å². The molecule has 4 heterocycles. The maximum absolute atomic E-state index is 12.3. The summed E-state index contributed by atoms with van der Waals surface area (Å²) >= 11 is 0. The van der Waals surface area contributed by atoms with Gasteiger partial charge in [-0.2, -0.15) is 0 Å². The summed E-state index contributed by atoms with van der Waals surface area (Å²) in [5.41, 5.74) is 0. The number of Topliss-reactive ketones (excluding diaryl/α,β-unsaturated/α-hetero) is 1. The van der Waals surface area contributed by atoms with E-state index in [1.165, 1.54) is 6.92 Å². The third kappa shape index (κ3) is 6.56. The number of carbonyl (C=O) groups is 4. The standard InChI is InChI=1S/C23H32O12/c1-12(24)4-2-5-17(26)34-15-10-31-23-16(11-32-22(15)23)35-19(28)7-3-6-18(27)33-14-9-30-20-13(25)8-29-21(14)20/h13-16,20-23,25H,2-11H2,1H3/t13-,14-,15-,16-,20+,21+,22+,23+/m0/s1. The molecule has 1 N–H and O–H groups in total. The predicted octanol–water partition coefficient (Wildman–Crippen LogP) is -0.392. The molecule has 0 spiro atoms. The summed E-state index contributed by atoms with van der Waals surface area (Å²) < 4.78 is 38.4. The Balaban J connectivity index is 1.11. The first-order chi connectivity index (χ1) is 16.8. The highest BCUT2D eigenvalue weighted by molar-refractivity contribution is 5.76. The highest BCUT2D eigenvalue weighted by atomic mass is 16.7. The largest absolute Gasteiger partial charge is 0.457 e. The second-order valence-corrected chi connectivity index (χ2v) is 9.25. The van der Waals surface area contributed by atoms with Crippen LogP contribution in [0, 0.1) is 0 Å². The Morgan fingerprint density at radius 1 is 0.629 bits per heavy atom. The molecule has 4 aliphatic heterocycles. The van der Waals surface area contributed by atoms with Gasteiger partial charge >= 0.3 is 17.9 Å². The normalized spacial score (nSPS) is 35.4. The number of hydrogen-bond acceptors (Lipinski definition) is 12. The van der Waals surface area contributed by atoms with Crippen molar-refractivity contribution in [1.29, 1.82) is 0 Å². The average Bonchev–Trinajstić information content (AvgIpc) is 3.55. The number of hydrogen-bond donors (Lipinski definition) is 1. The zero-order chi connectivity index (χ0) is 24.9. The number of aliphatic hydroxyl groups is 1. The third-order valence-corrected chi connectivity index (χ3v) is 6.46. The molecule has 0 aromatic heterocycles. The molecular formula is C23H32O12. The number of fused-ring (bicyclic) bond motifs is 2. The Morgan fingerprint density at radius 3 is 1.46 bits per heavy atom. The van der Waals surface area contributed by atoms with Crippen LogP contribution in [0.3, 0.4) is 0 Å². The molecule has 0 aromatic carbocycles. The van der Waals surface area contributed by atoms with Gasteiger partial charge in [0.1, 0.15) is 36.3 Å². The number of carbonyl (C=O) groups excluding carboxylic acids is 4. The summed E-state index contributed by atoms with van der Waals surface area (Å²) in [6.07, 6.45) is -3.34.